The number of aromatic nitrogens is 2. The van der Waals surface area contributed by atoms with E-state index in [1.807, 2.05) is 19.1 Å². The number of aryl methyl sites for hydroxylation is 1. The molecule has 0 saturated heterocycles. The highest BCUT2D eigenvalue weighted by Gasteiger charge is 2.14. The van der Waals surface area contributed by atoms with Crippen LogP contribution in [-0.2, 0) is 6.42 Å². The summed E-state index contributed by atoms with van der Waals surface area (Å²) in [6.45, 7) is 2.24. The summed E-state index contributed by atoms with van der Waals surface area (Å²) in [5.74, 6) is 3.28. The van der Waals surface area contributed by atoms with E-state index in [1.54, 1.807) is 12.1 Å². The van der Waals surface area contributed by atoms with Gasteiger partial charge in [0.2, 0.25) is 12.7 Å². The second kappa shape index (κ2) is 5.05. The van der Waals surface area contributed by atoms with Gasteiger partial charge in [-0.15, -0.1) is 0 Å². The molecule has 1 aromatic heterocycles. The monoisotopic (exact) mass is 322 g/mol. The standard InChI is InChI=1S/C13H11BrN2O3/c1-2-12-15-11(14)6-13(16-12)19-8-3-4-9-10(5-8)18-7-17-9/h3-6H,2,7H2,1H3. The molecule has 1 aliphatic heterocycles. The maximum absolute atomic E-state index is 5.71. The summed E-state index contributed by atoms with van der Waals surface area (Å²) in [6.07, 6.45) is 0.747. The first-order chi connectivity index (χ1) is 9.24. The van der Waals surface area contributed by atoms with Crippen LogP contribution >= 0.6 is 15.9 Å². The molecule has 0 N–H and O–H groups in total. The molecule has 0 fully saturated rings. The maximum Gasteiger partial charge on any atom is 0.231 e. The lowest BCUT2D eigenvalue weighted by atomic mass is 10.3. The van der Waals surface area contributed by atoms with Crippen LogP contribution in [0.5, 0.6) is 23.1 Å². The minimum absolute atomic E-state index is 0.248. The van der Waals surface area contributed by atoms with Gasteiger partial charge in [0.05, 0.1) is 0 Å². The third kappa shape index (κ3) is 2.63. The summed E-state index contributed by atoms with van der Waals surface area (Å²) in [4.78, 5) is 8.54. The molecule has 0 spiro atoms. The van der Waals surface area contributed by atoms with E-state index in [0.717, 1.165) is 18.0 Å². The van der Waals surface area contributed by atoms with Gasteiger partial charge < -0.3 is 14.2 Å². The third-order valence-corrected chi connectivity index (χ3v) is 3.01. The van der Waals surface area contributed by atoms with Crippen LogP contribution in [0.1, 0.15) is 12.7 Å². The van der Waals surface area contributed by atoms with Crippen LogP contribution in [0.2, 0.25) is 0 Å². The number of hydrogen-bond donors (Lipinski definition) is 0. The second-order valence-corrected chi connectivity index (χ2v) is 4.73. The van der Waals surface area contributed by atoms with Crippen molar-refractivity contribution in [3.63, 3.8) is 0 Å². The number of nitrogens with zero attached hydrogens (tertiary/aromatic N) is 2. The predicted octanol–water partition coefficient (Wildman–Crippen LogP) is 3.32. The minimum atomic E-state index is 0.248. The Balaban J connectivity index is 1.86. The van der Waals surface area contributed by atoms with E-state index in [9.17, 15) is 0 Å². The van der Waals surface area contributed by atoms with Crippen LogP contribution in [0.15, 0.2) is 28.9 Å². The molecule has 0 atom stereocenters. The summed E-state index contributed by atoms with van der Waals surface area (Å²) in [5.41, 5.74) is 0. The molecule has 5 nitrogen and oxygen atoms in total. The first-order valence-electron chi connectivity index (χ1n) is 5.85. The number of benzene rings is 1. The van der Waals surface area contributed by atoms with Gasteiger partial charge in [-0.05, 0) is 28.1 Å². The molecule has 6 heteroatoms. The van der Waals surface area contributed by atoms with Crippen molar-refractivity contribution in [3.8, 4) is 23.1 Å². The third-order valence-electron chi connectivity index (χ3n) is 2.60. The number of halogens is 1. The highest BCUT2D eigenvalue weighted by Crippen LogP contribution is 2.36. The Morgan fingerprint density at radius 3 is 2.89 bits per heavy atom. The van der Waals surface area contributed by atoms with Crippen LogP contribution < -0.4 is 14.2 Å². The molecule has 0 saturated carbocycles. The van der Waals surface area contributed by atoms with Gasteiger partial charge in [-0.1, -0.05) is 6.92 Å². The minimum Gasteiger partial charge on any atom is -0.454 e. The molecule has 1 aliphatic rings. The van der Waals surface area contributed by atoms with Crippen molar-refractivity contribution in [1.82, 2.24) is 9.97 Å². The largest absolute Gasteiger partial charge is 0.454 e. The smallest absolute Gasteiger partial charge is 0.231 e. The molecule has 19 heavy (non-hydrogen) atoms. The Bertz CT molecular complexity index is 619. The fourth-order valence-electron chi connectivity index (χ4n) is 1.71. The van der Waals surface area contributed by atoms with Gasteiger partial charge in [0.25, 0.3) is 0 Å². The molecule has 0 radical (unpaired) electrons. The number of fused-ring (bicyclic) bond motifs is 1. The van der Waals surface area contributed by atoms with E-state index in [-0.39, 0.29) is 6.79 Å². The van der Waals surface area contributed by atoms with Crippen LogP contribution in [0, 0.1) is 0 Å². The summed E-state index contributed by atoms with van der Waals surface area (Å²) < 4.78 is 17.0. The first kappa shape index (κ1) is 12.2. The Hall–Kier alpha value is -1.82. The number of rotatable bonds is 3. The molecule has 2 aromatic rings. The number of ether oxygens (including phenoxy) is 3. The van der Waals surface area contributed by atoms with Crippen LogP contribution in [-0.4, -0.2) is 16.8 Å². The van der Waals surface area contributed by atoms with Gasteiger partial charge in [0.1, 0.15) is 16.2 Å². The predicted molar refractivity (Wildman–Crippen MR) is 71.7 cm³/mol. The highest BCUT2D eigenvalue weighted by molar-refractivity contribution is 9.10. The van der Waals surface area contributed by atoms with Crippen LogP contribution in [0.4, 0.5) is 0 Å². The molecule has 98 valence electrons. The molecule has 1 aromatic carbocycles. The Kier molecular flexibility index (Phi) is 3.25. The molecule has 0 bridgehead atoms. The molecular formula is C13H11BrN2O3. The lowest BCUT2D eigenvalue weighted by Crippen LogP contribution is -1.96. The van der Waals surface area contributed by atoms with E-state index >= 15 is 0 Å². The van der Waals surface area contributed by atoms with Gasteiger partial charge in [-0.2, -0.15) is 4.98 Å². The first-order valence-corrected chi connectivity index (χ1v) is 6.65. The van der Waals surface area contributed by atoms with Gasteiger partial charge in [0.15, 0.2) is 11.5 Å². The average Bonchev–Trinajstić information content (AvgIpc) is 2.85. The Labute approximate surface area is 118 Å². The summed E-state index contributed by atoms with van der Waals surface area (Å²) in [5, 5.41) is 0. The Morgan fingerprint density at radius 1 is 1.21 bits per heavy atom. The van der Waals surface area contributed by atoms with Crippen molar-refractivity contribution in [2.24, 2.45) is 0 Å². The zero-order chi connectivity index (χ0) is 13.2. The highest BCUT2D eigenvalue weighted by atomic mass is 79.9. The van der Waals surface area contributed by atoms with Crippen molar-refractivity contribution in [2.45, 2.75) is 13.3 Å². The van der Waals surface area contributed by atoms with Crippen molar-refractivity contribution in [3.05, 3.63) is 34.7 Å². The van der Waals surface area contributed by atoms with Crippen molar-refractivity contribution >= 4 is 15.9 Å². The van der Waals surface area contributed by atoms with E-state index in [1.165, 1.54) is 0 Å². The molecule has 3 rings (SSSR count). The van der Waals surface area contributed by atoms with Crippen molar-refractivity contribution in [2.75, 3.05) is 6.79 Å². The fourth-order valence-corrected chi connectivity index (χ4v) is 2.11. The van der Waals surface area contributed by atoms with Crippen molar-refractivity contribution < 1.29 is 14.2 Å². The van der Waals surface area contributed by atoms with Crippen molar-refractivity contribution in [1.29, 1.82) is 0 Å². The molecule has 0 unspecified atom stereocenters. The Morgan fingerprint density at radius 2 is 2.05 bits per heavy atom. The quantitative estimate of drug-likeness (QED) is 0.811. The molecule has 0 aliphatic carbocycles. The topological polar surface area (TPSA) is 53.5 Å². The summed E-state index contributed by atoms with van der Waals surface area (Å²) >= 11 is 3.34. The average molecular weight is 323 g/mol. The van der Waals surface area contributed by atoms with E-state index in [0.29, 0.717) is 22.0 Å². The SMILES string of the molecule is CCc1nc(Br)cc(Oc2ccc3c(c2)OCO3)n1. The van der Waals surface area contributed by atoms with E-state index < -0.39 is 0 Å². The zero-order valence-corrected chi connectivity index (χ0v) is 11.8. The van der Waals surface area contributed by atoms with E-state index in [2.05, 4.69) is 25.9 Å². The molecular weight excluding hydrogens is 312 g/mol. The lowest BCUT2D eigenvalue weighted by molar-refractivity contribution is 0.174. The van der Waals surface area contributed by atoms with Gasteiger partial charge in [-0.25, -0.2) is 4.98 Å². The zero-order valence-electron chi connectivity index (χ0n) is 10.2. The summed E-state index contributed by atoms with van der Waals surface area (Å²) in [6, 6.07) is 7.14. The van der Waals surface area contributed by atoms with E-state index in [4.69, 9.17) is 14.2 Å². The fraction of sp³-hybridized carbons (Fsp3) is 0.231. The van der Waals surface area contributed by atoms with Gasteiger partial charge >= 0.3 is 0 Å². The molecule has 2 heterocycles. The normalized spacial score (nSPS) is 12.5. The van der Waals surface area contributed by atoms with Crippen LogP contribution in [0.3, 0.4) is 0 Å². The number of hydrogen-bond acceptors (Lipinski definition) is 5. The second-order valence-electron chi connectivity index (χ2n) is 3.92. The van der Waals surface area contributed by atoms with Gasteiger partial charge in [-0.3, -0.25) is 0 Å². The van der Waals surface area contributed by atoms with Gasteiger partial charge in [0, 0.05) is 18.6 Å². The summed E-state index contributed by atoms with van der Waals surface area (Å²) in [7, 11) is 0. The molecule has 0 amide bonds. The van der Waals surface area contributed by atoms with Crippen LogP contribution in [0.25, 0.3) is 0 Å². The lowest BCUT2D eigenvalue weighted by Gasteiger charge is -2.07. The maximum atomic E-state index is 5.71.